The van der Waals surface area contributed by atoms with Gasteiger partial charge in [-0.1, -0.05) is 83.9 Å². The zero-order valence-corrected chi connectivity index (χ0v) is 20.0. The third-order valence-corrected chi connectivity index (χ3v) is 5.75. The molecule has 4 aliphatic rings. The molecule has 0 saturated heterocycles. The molecule has 2 aromatic rings. The van der Waals surface area contributed by atoms with E-state index in [1.807, 2.05) is 0 Å². The topological polar surface area (TPSA) is 0 Å². The average Bonchev–Trinajstić information content (AvgIpc) is 3.29. The molecule has 0 heterocycles. The summed E-state index contributed by atoms with van der Waals surface area (Å²) in [6.07, 6.45) is 0. The van der Waals surface area contributed by atoms with Crippen molar-refractivity contribution in [2.24, 2.45) is 0 Å². The summed E-state index contributed by atoms with van der Waals surface area (Å²) in [5.41, 5.74) is 8.24. The molecular formula is C28H24F2Zr. The molecule has 0 N–H and O–H groups in total. The normalized spacial score (nSPS) is 10.1. The van der Waals surface area contributed by atoms with Crippen molar-refractivity contribution in [2.45, 2.75) is 13.8 Å². The number of hydrogen-bond donors (Lipinski definition) is 0. The van der Waals surface area contributed by atoms with Crippen molar-refractivity contribution in [1.82, 2.24) is 0 Å². The average molecular weight is 490 g/mol. The second kappa shape index (κ2) is 10.1. The van der Waals surface area contributed by atoms with Crippen LogP contribution in [-0.2, 0) is 26.2 Å². The standard InChI is InChI=1S/2C14H11.2FH.Zr/c2*1-10-5-4-8-13-12-7-3-2-6-11(12)9-14(10)13;;;/h2*2-9H,1H3;2*1H;/q2*-1;;;+2. The maximum atomic E-state index is 2.28. The molecule has 6 rings (SSSR count). The SMILES string of the molecule is C[c-]1cccc2c3ccccc3cc1-2.C[c-]1cccc2c3ccccc3cc1-2.F.F.[Zr+2]. The molecule has 0 atom stereocenters. The van der Waals surface area contributed by atoms with Crippen LogP contribution in [0.3, 0.4) is 0 Å². The number of benzene rings is 4. The van der Waals surface area contributed by atoms with Gasteiger partial charge in [-0.15, -0.1) is 81.9 Å². The Morgan fingerprint density at radius 1 is 0.516 bits per heavy atom. The van der Waals surface area contributed by atoms with E-state index in [1.165, 1.54) is 54.9 Å². The van der Waals surface area contributed by atoms with Crippen LogP contribution in [0.2, 0.25) is 0 Å². The molecule has 0 fully saturated rings. The summed E-state index contributed by atoms with van der Waals surface area (Å²) in [5, 5.41) is 5.42. The monoisotopic (exact) mass is 488 g/mol. The number of aryl methyl sites for hydroxylation is 2. The van der Waals surface area contributed by atoms with Crippen LogP contribution < -0.4 is 0 Å². The molecule has 0 unspecified atom stereocenters. The summed E-state index contributed by atoms with van der Waals surface area (Å²) in [6, 6.07) is 34.7. The number of halogens is 2. The quantitative estimate of drug-likeness (QED) is 0.188. The molecule has 3 heteroatoms. The molecule has 0 saturated carbocycles. The van der Waals surface area contributed by atoms with E-state index in [0.29, 0.717) is 0 Å². The van der Waals surface area contributed by atoms with Crippen molar-refractivity contribution in [3.05, 3.63) is 108 Å². The van der Waals surface area contributed by atoms with Crippen LogP contribution in [0.25, 0.3) is 43.8 Å². The Kier molecular flexibility index (Phi) is 8.04. The van der Waals surface area contributed by atoms with Gasteiger partial charge in [-0.3, -0.25) is 9.41 Å². The zero-order valence-electron chi connectivity index (χ0n) is 17.6. The third-order valence-electron chi connectivity index (χ3n) is 5.75. The van der Waals surface area contributed by atoms with Crippen molar-refractivity contribution < 1.29 is 35.6 Å². The van der Waals surface area contributed by atoms with Crippen LogP contribution in [0.15, 0.2) is 97.1 Å². The molecule has 2 aromatic carbocycles. The molecular weight excluding hydrogens is 466 g/mol. The van der Waals surface area contributed by atoms with E-state index in [-0.39, 0.29) is 35.6 Å². The van der Waals surface area contributed by atoms with Gasteiger partial charge in [-0.05, 0) is 0 Å². The zero-order chi connectivity index (χ0) is 19.1. The Labute approximate surface area is 200 Å². The van der Waals surface area contributed by atoms with Gasteiger partial charge in [0, 0.05) is 0 Å². The predicted octanol–water partition coefficient (Wildman–Crippen LogP) is 8.25. The second-order valence-electron chi connectivity index (χ2n) is 7.54. The molecule has 0 spiro atoms. The molecule has 31 heavy (non-hydrogen) atoms. The summed E-state index contributed by atoms with van der Waals surface area (Å²) in [5.74, 6) is 0. The van der Waals surface area contributed by atoms with Crippen LogP contribution in [0.1, 0.15) is 11.1 Å². The first kappa shape index (κ1) is 24.6. The van der Waals surface area contributed by atoms with Crippen molar-refractivity contribution in [1.29, 1.82) is 0 Å². The number of rotatable bonds is 0. The van der Waals surface area contributed by atoms with Crippen LogP contribution >= 0.6 is 0 Å². The predicted molar refractivity (Wildman–Crippen MR) is 127 cm³/mol. The van der Waals surface area contributed by atoms with Crippen molar-refractivity contribution in [3.8, 4) is 22.3 Å². The van der Waals surface area contributed by atoms with Gasteiger partial charge in [0.15, 0.2) is 0 Å². The molecule has 4 aliphatic carbocycles. The van der Waals surface area contributed by atoms with E-state index in [4.69, 9.17) is 0 Å². The van der Waals surface area contributed by atoms with Gasteiger partial charge in [-0.2, -0.15) is 0 Å². The van der Waals surface area contributed by atoms with Gasteiger partial charge in [0.25, 0.3) is 0 Å². The van der Waals surface area contributed by atoms with Crippen molar-refractivity contribution in [2.75, 3.05) is 0 Å². The van der Waals surface area contributed by atoms with E-state index in [9.17, 15) is 0 Å². The Morgan fingerprint density at radius 3 is 1.32 bits per heavy atom. The van der Waals surface area contributed by atoms with Crippen molar-refractivity contribution in [3.63, 3.8) is 0 Å². The first-order valence-corrected chi connectivity index (χ1v) is 9.80. The van der Waals surface area contributed by atoms with Crippen LogP contribution in [0.4, 0.5) is 9.41 Å². The van der Waals surface area contributed by atoms with E-state index in [0.717, 1.165) is 0 Å². The van der Waals surface area contributed by atoms with E-state index in [1.54, 1.807) is 0 Å². The Balaban J connectivity index is 0.000000201. The van der Waals surface area contributed by atoms with Gasteiger partial charge >= 0.3 is 26.2 Å². The van der Waals surface area contributed by atoms with E-state index < -0.39 is 0 Å². The fraction of sp³-hybridized carbons (Fsp3) is 0.0714. The van der Waals surface area contributed by atoms with Gasteiger partial charge < -0.3 is 0 Å². The third kappa shape index (κ3) is 4.38. The van der Waals surface area contributed by atoms with Gasteiger partial charge in [0.05, 0.1) is 0 Å². The summed E-state index contributed by atoms with van der Waals surface area (Å²) in [4.78, 5) is 0. The molecule has 0 amide bonds. The summed E-state index contributed by atoms with van der Waals surface area (Å²) >= 11 is 0. The molecule has 0 bridgehead atoms. The maximum Gasteiger partial charge on any atom is 2.00 e. The number of hydrogen-bond acceptors (Lipinski definition) is 0. The molecule has 0 radical (unpaired) electrons. The minimum Gasteiger partial charge on any atom is -0.269 e. The van der Waals surface area contributed by atoms with Crippen LogP contribution in [-0.4, -0.2) is 0 Å². The summed E-state index contributed by atoms with van der Waals surface area (Å²) in [7, 11) is 0. The smallest absolute Gasteiger partial charge is 0.269 e. The van der Waals surface area contributed by atoms with Crippen LogP contribution in [0, 0.1) is 13.8 Å². The largest absolute Gasteiger partial charge is 2.00 e. The van der Waals surface area contributed by atoms with E-state index >= 15 is 0 Å². The van der Waals surface area contributed by atoms with Gasteiger partial charge in [0.1, 0.15) is 0 Å². The molecule has 0 aliphatic heterocycles. The molecule has 0 aromatic heterocycles. The molecule has 0 nitrogen and oxygen atoms in total. The Bertz CT molecular complexity index is 1240. The fourth-order valence-corrected chi connectivity index (χ4v) is 4.26. The molecule has 154 valence electrons. The van der Waals surface area contributed by atoms with Gasteiger partial charge in [-0.25, -0.2) is 0 Å². The Morgan fingerprint density at radius 2 is 0.903 bits per heavy atom. The first-order chi connectivity index (χ1) is 13.7. The maximum absolute atomic E-state index is 2.28. The Hall–Kier alpha value is -2.64. The second-order valence-corrected chi connectivity index (χ2v) is 7.54. The van der Waals surface area contributed by atoms with Crippen molar-refractivity contribution >= 4 is 21.5 Å². The van der Waals surface area contributed by atoms with E-state index in [2.05, 4.69) is 111 Å². The van der Waals surface area contributed by atoms with Crippen LogP contribution in [0.5, 0.6) is 0 Å². The fourth-order valence-electron chi connectivity index (χ4n) is 4.26. The number of fused-ring (bicyclic) bond motifs is 6. The summed E-state index contributed by atoms with van der Waals surface area (Å²) in [6.45, 7) is 4.34. The minimum atomic E-state index is 0. The minimum absolute atomic E-state index is 0. The van der Waals surface area contributed by atoms with Gasteiger partial charge in [0.2, 0.25) is 0 Å². The first-order valence-electron chi connectivity index (χ1n) is 9.80. The summed E-state index contributed by atoms with van der Waals surface area (Å²) < 4.78 is 0.